The molecular formula is C13H18BrN3O. The van der Waals surface area contributed by atoms with E-state index in [4.69, 9.17) is 5.73 Å². The van der Waals surface area contributed by atoms with Crippen LogP contribution in [0.25, 0.3) is 11.0 Å². The van der Waals surface area contributed by atoms with Gasteiger partial charge in [-0.3, -0.25) is 0 Å². The molecular weight excluding hydrogens is 294 g/mol. The van der Waals surface area contributed by atoms with Crippen LogP contribution in [-0.4, -0.2) is 9.97 Å². The van der Waals surface area contributed by atoms with E-state index in [9.17, 15) is 4.79 Å². The monoisotopic (exact) mass is 311 g/mol. The Morgan fingerprint density at radius 2 is 1.78 bits per heavy atom. The fourth-order valence-corrected chi connectivity index (χ4v) is 2.99. The van der Waals surface area contributed by atoms with Crippen molar-refractivity contribution in [2.45, 2.75) is 32.7 Å². The standard InChI is InChI=1S/C13H18BrN3O/c1-3-7(4-2)12(15)8-5-10-11(6-9(8)14)17-13(18)16-10/h5-7,12H,3-4,15H2,1-2H3,(H2,16,17,18). The molecule has 2 rings (SSSR count). The van der Waals surface area contributed by atoms with Gasteiger partial charge in [0.15, 0.2) is 0 Å². The van der Waals surface area contributed by atoms with Gasteiger partial charge in [-0.05, 0) is 23.6 Å². The van der Waals surface area contributed by atoms with E-state index in [1.54, 1.807) is 0 Å². The summed E-state index contributed by atoms with van der Waals surface area (Å²) < 4.78 is 0.949. The third kappa shape index (κ3) is 2.37. The maximum atomic E-state index is 11.3. The molecule has 2 aromatic rings. The number of hydrogen-bond acceptors (Lipinski definition) is 2. The topological polar surface area (TPSA) is 74.7 Å². The van der Waals surface area contributed by atoms with Crippen molar-refractivity contribution in [2.75, 3.05) is 0 Å². The number of H-pyrrole nitrogens is 2. The van der Waals surface area contributed by atoms with Gasteiger partial charge in [0.25, 0.3) is 0 Å². The number of nitrogens with two attached hydrogens (primary N) is 1. The van der Waals surface area contributed by atoms with Gasteiger partial charge >= 0.3 is 5.69 Å². The minimum atomic E-state index is -0.190. The minimum absolute atomic E-state index is 0.0165. The van der Waals surface area contributed by atoms with Gasteiger partial charge in [-0.2, -0.15) is 0 Å². The SMILES string of the molecule is CCC(CC)C(N)c1cc2[nH]c(=O)[nH]c2cc1Br. The van der Waals surface area contributed by atoms with E-state index in [0.717, 1.165) is 33.9 Å². The number of halogens is 1. The molecule has 4 N–H and O–H groups in total. The maximum Gasteiger partial charge on any atom is 0.323 e. The second-order valence-corrected chi connectivity index (χ2v) is 5.46. The number of fused-ring (bicyclic) bond motifs is 1. The van der Waals surface area contributed by atoms with Gasteiger partial charge in [0.1, 0.15) is 0 Å². The van der Waals surface area contributed by atoms with Gasteiger partial charge in [-0.1, -0.05) is 42.6 Å². The van der Waals surface area contributed by atoms with Crippen LogP contribution in [0.5, 0.6) is 0 Å². The average Bonchev–Trinajstić information content (AvgIpc) is 2.68. The summed E-state index contributed by atoms with van der Waals surface area (Å²) in [6.07, 6.45) is 2.09. The van der Waals surface area contributed by atoms with Crippen molar-refractivity contribution in [3.63, 3.8) is 0 Å². The fraction of sp³-hybridized carbons (Fsp3) is 0.462. The summed E-state index contributed by atoms with van der Waals surface area (Å²) in [5, 5.41) is 0. The predicted molar refractivity (Wildman–Crippen MR) is 77.6 cm³/mol. The van der Waals surface area contributed by atoms with Crippen molar-refractivity contribution in [1.82, 2.24) is 9.97 Å². The van der Waals surface area contributed by atoms with Crippen molar-refractivity contribution in [3.05, 3.63) is 32.7 Å². The fourth-order valence-electron chi connectivity index (χ4n) is 2.38. The third-order valence-corrected chi connectivity index (χ3v) is 4.24. The lowest BCUT2D eigenvalue weighted by Gasteiger charge is -2.22. The predicted octanol–water partition coefficient (Wildman–Crippen LogP) is 3.05. The number of nitrogens with one attached hydrogen (secondary N) is 2. The van der Waals surface area contributed by atoms with E-state index in [0.29, 0.717) is 5.92 Å². The van der Waals surface area contributed by atoms with E-state index in [2.05, 4.69) is 39.7 Å². The normalized spacial score (nSPS) is 13.4. The quantitative estimate of drug-likeness (QED) is 0.811. The zero-order chi connectivity index (χ0) is 13.3. The van der Waals surface area contributed by atoms with Crippen molar-refractivity contribution in [3.8, 4) is 0 Å². The molecule has 0 spiro atoms. The second kappa shape index (κ2) is 5.28. The summed E-state index contributed by atoms with van der Waals surface area (Å²) in [4.78, 5) is 16.8. The van der Waals surface area contributed by atoms with Gasteiger partial charge in [0.05, 0.1) is 11.0 Å². The second-order valence-electron chi connectivity index (χ2n) is 4.60. The van der Waals surface area contributed by atoms with E-state index >= 15 is 0 Å². The van der Waals surface area contributed by atoms with Gasteiger partial charge in [0.2, 0.25) is 0 Å². The molecule has 18 heavy (non-hydrogen) atoms. The van der Waals surface area contributed by atoms with E-state index in [-0.39, 0.29) is 11.7 Å². The van der Waals surface area contributed by atoms with Crippen LogP contribution in [0.15, 0.2) is 21.4 Å². The summed E-state index contributed by atoms with van der Waals surface area (Å²) in [6.45, 7) is 4.30. The Morgan fingerprint density at radius 1 is 1.22 bits per heavy atom. The summed E-state index contributed by atoms with van der Waals surface area (Å²) in [5.74, 6) is 0.449. The van der Waals surface area contributed by atoms with Crippen LogP contribution in [0.4, 0.5) is 0 Å². The number of imidazole rings is 1. The first kappa shape index (κ1) is 13.4. The molecule has 4 nitrogen and oxygen atoms in total. The molecule has 0 aliphatic heterocycles. The lowest BCUT2D eigenvalue weighted by Crippen LogP contribution is -2.20. The summed E-state index contributed by atoms with van der Waals surface area (Å²) in [5.41, 5.74) is 8.79. The molecule has 0 aliphatic carbocycles. The van der Waals surface area contributed by atoms with Crippen LogP contribution in [0.3, 0.4) is 0 Å². The molecule has 1 aromatic carbocycles. The highest BCUT2D eigenvalue weighted by Crippen LogP contribution is 2.32. The Balaban J connectivity index is 2.49. The molecule has 0 aliphatic rings. The Morgan fingerprint density at radius 3 is 2.33 bits per heavy atom. The number of aromatic amines is 2. The highest BCUT2D eigenvalue weighted by molar-refractivity contribution is 9.10. The highest BCUT2D eigenvalue weighted by Gasteiger charge is 2.19. The van der Waals surface area contributed by atoms with Crippen LogP contribution in [0.1, 0.15) is 38.3 Å². The van der Waals surface area contributed by atoms with E-state index in [1.165, 1.54) is 0 Å². The first-order valence-corrected chi connectivity index (χ1v) is 7.03. The van der Waals surface area contributed by atoms with E-state index in [1.807, 2.05) is 12.1 Å². The molecule has 1 heterocycles. The molecule has 0 fully saturated rings. The van der Waals surface area contributed by atoms with Gasteiger partial charge in [-0.25, -0.2) is 4.79 Å². The molecule has 0 saturated heterocycles. The maximum absolute atomic E-state index is 11.3. The van der Waals surface area contributed by atoms with Crippen LogP contribution in [-0.2, 0) is 0 Å². The van der Waals surface area contributed by atoms with Crippen molar-refractivity contribution >= 4 is 27.0 Å². The zero-order valence-corrected chi connectivity index (χ0v) is 12.2. The van der Waals surface area contributed by atoms with Crippen LogP contribution >= 0.6 is 15.9 Å². The van der Waals surface area contributed by atoms with Crippen molar-refractivity contribution < 1.29 is 0 Å². The Bertz CT molecular complexity index is 598. The summed E-state index contributed by atoms with van der Waals surface area (Å²) in [7, 11) is 0. The van der Waals surface area contributed by atoms with Gasteiger partial charge < -0.3 is 15.7 Å². The Labute approximate surface area is 114 Å². The van der Waals surface area contributed by atoms with Crippen LogP contribution in [0, 0.1) is 5.92 Å². The summed E-state index contributed by atoms with van der Waals surface area (Å²) in [6, 6.07) is 3.85. The molecule has 0 bridgehead atoms. The van der Waals surface area contributed by atoms with Gasteiger partial charge in [0, 0.05) is 10.5 Å². The molecule has 1 unspecified atom stereocenters. The lowest BCUT2D eigenvalue weighted by molar-refractivity contribution is 0.404. The number of rotatable bonds is 4. The van der Waals surface area contributed by atoms with Crippen LogP contribution < -0.4 is 11.4 Å². The van der Waals surface area contributed by atoms with Crippen LogP contribution in [0.2, 0.25) is 0 Å². The van der Waals surface area contributed by atoms with Gasteiger partial charge in [-0.15, -0.1) is 0 Å². The molecule has 0 radical (unpaired) electrons. The molecule has 1 aromatic heterocycles. The number of hydrogen-bond donors (Lipinski definition) is 3. The first-order chi connectivity index (χ1) is 8.56. The highest BCUT2D eigenvalue weighted by atomic mass is 79.9. The Kier molecular flexibility index (Phi) is 3.92. The number of benzene rings is 1. The first-order valence-electron chi connectivity index (χ1n) is 6.23. The summed E-state index contributed by atoms with van der Waals surface area (Å²) >= 11 is 3.54. The molecule has 0 amide bonds. The minimum Gasteiger partial charge on any atom is -0.324 e. The molecule has 1 atom stereocenters. The molecule has 0 saturated carbocycles. The molecule has 5 heteroatoms. The Hall–Kier alpha value is -1.07. The largest absolute Gasteiger partial charge is 0.324 e. The third-order valence-electron chi connectivity index (χ3n) is 3.55. The lowest BCUT2D eigenvalue weighted by atomic mass is 9.89. The number of aromatic nitrogens is 2. The van der Waals surface area contributed by atoms with E-state index < -0.39 is 0 Å². The molecule has 98 valence electrons. The van der Waals surface area contributed by atoms with Crippen molar-refractivity contribution in [1.29, 1.82) is 0 Å². The zero-order valence-electron chi connectivity index (χ0n) is 10.6. The average molecular weight is 312 g/mol. The van der Waals surface area contributed by atoms with Crippen molar-refractivity contribution in [2.24, 2.45) is 11.7 Å². The smallest absolute Gasteiger partial charge is 0.323 e.